The normalized spacial score (nSPS) is 17.5. The molecule has 7 heteroatoms. The van der Waals surface area contributed by atoms with E-state index in [1.165, 1.54) is 0 Å². The molecule has 1 heterocycles. The Morgan fingerprint density at radius 1 is 1.43 bits per heavy atom. The fourth-order valence-electron chi connectivity index (χ4n) is 2.28. The predicted molar refractivity (Wildman–Crippen MR) is 98.0 cm³/mol. The molecule has 1 fully saturated rings. The van der Waals surface area contributed by atoms with E-state index < -0.39 is 0 Å². The summed E-state index contributed by atoms with van der Waals surface area (Å²) in [6.07, 6.45) is 7.18. The first-order valence-electron chi connectivity index (χ1n) is 7.24. The van der Waals surface area contributed by atoms with Crippen LogP contribution in [0.15, 0.2) is 17.1 Å². The van der Waals surface area contributed by atoms with Crippen molar-refractivity contribution in [3.8, 4) is 0 Å². The first kappa shape index (κ1) is 20.2. The van der Waals surface area contributed by atoms with Gasteiger partial charge < -0.3 is 16.4 Å². The molecule has 1 aliphatic heterocycles. The second-order valence-corrected chi connectivity index (χ2v) is 5.02. The van der Waals surface area contributed by atoms with Gasteiger partial charge in [-0.15, -0.1) is 24.0 Å². The van der Waals surface area contributed by atoms with E-state index in [9.17, 15) is 4.79 Å². The van der Waals surface area contributed by atoms with Crippen LogP contribution in [0.25, 0.3) is 0 Å². The molecule has 0 aromatic carbocycles. The van der Waals surface area contributed by atoms with Crippen molar-refractivity contribution in [3.63, 3.8) is 0 Å². The summed E-state index contributed by atoms with van der Waals surface area (Å²) >= 11 is 0. The zero-order chi connectivity index (χ0) is 14.8. The van der Waals surface area contributed by atoms with Crippen molar-refractivity contribution < 1.29 is 4.79 Å². The van der Waals surface area contributed by atoms with Gasteiger partial charge in [-0.1, -0.05) is 12.2 Å². The van der Waals surface area contributed by atoms with Gasteiger partial charge in [-0.3, -0.25) is 14.7 Å². The van der Waals surface area contributed by atoms with Crippen LogP contribution < -0.4 is 16.4 Å². The lowest BCUT2D eigenvalue weighted by Gasteiger charge is -2.32. The second-order valence-electron chi connectivity index (χ2n) is 5.02. The molecule has 1 aliphatic rings. The molecule has 0 aliphatic carbocycles. The molecule has 122 valence electrons. The maximum Gasteiger partial charge on any atom is 0.231 e. The van der Waals surface area contributed by atoms with Crippen LogP contribution in [-0.2, 0) is 4.79 Å². The highest BCUT2D eigenvalue weighted by molar-refractivity contribution is 14.0. The Morgan fingerprint density at radius 3 is 2.62 bits per heavy atom. The molecule has 1 saturated heterocycles. The number of aliphatic imine (C=N–C) groups is 1. The Bertz CT molecular complexity index is 351. The highest BCUT2D eigenvalue weighted by atomic mass is 127. The molecule has 0 saturated carbocycles. The van der Waals surface area contributed by atoms with Gasteiger partial charge in [0.05, 0.1) is 6.54 Å². The second kappa shape index (κ2) is 11.8. The molecule has 1 rings (SSSR count). The molecule has 0 unspecified atom stereocenters. The summed E-state index contributed by atoms with van der Waals surface area (Å²) in [4.78, 5) is 17.2. The molecular formula is C14H28IN5O. The quantitative estimate of drug-likeness (QED) is 0.198. The summed E-state index contributed by atoms with van der Waals surface area (Å²) in [5, 5.41) is 6.72. The summed E-state index contributed by atoms with van der Waals surface area (Å²) < 4.78 is 0. The Morgan fingerprint density at radius 2 is 2.10 bits per heavy atom. The van der Waals surface area contributed by atoms with Crippen LogP contribution in [0.2, 0.25) is 0 Å². The predicted octanol–water partition coefficient (Wildman–Crippen LogP) is 0.685. The Kier molecular flexibility index (Phi) is 11.3. The Hall–Kier alpha value is -0.830. The molecule has 21 heavy (non-hydrogen) atoms. The number of nitrogens with one attached hydrogen (secondary N) is 2. The molecule has 6 nitrogen and oxygen atoms in total. The average molecular weight is 409 g/mol. The van der Waals surface area contributed by atoms with Crippen LogP contribution in [0.3, 0.4) is 0 Å². The summed E-state index contributed by atoms with van der Waals surface area (Å²) in [6.45, 7) is 5.06. The number of hydrogen-bond acceptors (Lipinski definition) is 3. The largest absolute Gasteiger partial charge is 0.369 e. The minimum atomic E-state index is -0.252. The standard InChI is InChI=1S/C14H27N5O.HI/c1-3-4-5-8-17-14(16-2)18-12-6-9-19(10-7-12)11-13(15)20;/h3-4,12H,5-11H2,1-2H3,(H2,15,20)(H2,16,17,18);1H/b4-3+;. The number of hydrogen-bond donors (Lipinski definition) is 3. The SMILES string of the molecule is C/C=C/CCNC(=NC)NC1CCN(CC(N)=O)CC1.I. The van der Waals surface area contributed by atoms with E-state index >= 15 is 0 Å². The lowest BCUT2D eigenvalue weighted by Crippen LogP contribution is -2.49. The number of piperidine rings is 1. The summed E-state index contributed by atoms with van der Waals surface area (Å²) in [6, 6.07) is 0.409. The van der Waals surface area contributed by atoms with Crippen LogP contribution in [0.4, 0.5) is 0 Å². The van der Waals surface area contributed by atoms with Crippen molar-refractivity contribution >= 4 is 35.8 Å². The van der Waals surface area contributed by atoms with Crippen LogP contribution in [0.1, 0.15) is 26.2 Å². The molecule has 0 spiro atoms. The number of nitrogens with zero attached hydrogens (tertiary/aromatic N) is 2. The van der Waals surface area contributed by atoms with E-state index in [0.29, 0.717) is 12.6 Å². The lowest BCUT2D eigenvalue weighted by molar-refractivity contribution is -0.119. The number of carbonyl (C=O) groups excluding carboxylic acids is 1. The maximum atomic E-state index is 10.9. The molecule has 0 atom stereocenters. The van der Waals surface area contributed by atoms with Crippen molar-refractivity contribution in [2.45, 2.75) is 32.2 Å². The van der Waals surface area contributed by atoms with Crippen molar-refractivity contribution in [2.75, 3.05) is 33.2 Å². The van der Waals surface area contributed by atoms with E-state index in [2.05, 4.69) is 26.6 Å². The topological polar surface area (TPSA) is 82.8 Å². The molecule has 1 amide bonds. The molecule has 0 aromatic heterocycles. The minimum Gasteiger partial charge on any atom is -0.369 e. The first-order valence-corrected chi connectivity index (χ1v) is 7.24. The molecule has 4 N–H and O–H groups in total. The van der Waals surface area contributed by atoms with Gasteiger partial charge in [0.25, 0.3) is 0 Å². The number of amides is 1. The fraction of sp³-hybridized carbons (Fsp3) is 0.714. The summed E-state index contributed by atoms with van der Waals surface area (Å²) in [7, 11) is 1.78. The number of nitrogens with two attached hydrogens (primary N) is 1. The Labute approximate surface area is 144 Å². The van der Waals surface area contributed by atoms with E-state index in [1.54, 1.807) is 7.05 Å². The number of rotatable bonds is 6. The molecule has 0 radical (unpaired) electrons. The first-order chi connectivity index (χ1) is 9.65. The van der Waals surface area contributed by atoms with E-state index in [-0.39, 0.29) is 29.9 Å². The molecule has 0 aromatic rings. The van der Waals surface area contributed by atoms with Gasteiger partial charge in [-0.25, -0.2) is 0 Å². The summed E-state index contributed by atoms with van der Waals surface area (Å²) in [5.41, 5.74) is 5.21. The van der Waals surface area contributed by atoms with Gasteiger partial charge in [-0.2, -0.15) is 0 Å². The zero-order valence-electron chi connectivity index (χ0n) is 13.0. The highest BCUT2D eigenvalue weighted by Crippen LogP contribution is 2.09. The number of halogens is 1. The maximum absolute atomic E-state index is 10.9. The van der Waals surface area contributed by atoms with Gasteiger partial charge in [0.1, 0.15) is 0 Å². The van der Waals surface area contributed by atoms with Crippen LogP contribution >= 0.6 is 24.0 Å². The van der Waals surface area contributed by atoms with Crippen molar-refractivity contribution in [1.29, 1.82) is 0 Å². The highest BCUT2D eigenvalue weighted by Gasteiger charge is 2.20. The number of primary amides is 1. The third-order valence-electron chi connectivity index (χ3n) is 3.37. The van der Waals surface area contributed by atoms with Gasteiger partial charge in [0.15, 0.2) is 5.96 Å². The molecule has 0 bridgehead atoms. The smallest absolute Gasteiger partial charge is 0.231 e. The number of likely N-dealkylation sites (tertiary alicyclic amines) is 1. The minimum absolute atomic E-state index is 0. The third-order valence-corrected chi connectivity index (χ3v) is 3.37. The monoisotopic (exact) mass is 409 g/mol. The van der Waals surface area contributed by atoms with Gasteiger partial charge in [0, 0.05) is 32.7 Å². The fourth-order valence-corrected chi connectivity index (χ4v) is 2.28. The van der Waals surface area contributed by atoms with Gasteiger partial charge in [0.2, 0.25) is 5.91 Å². The van der Waals surface area contributed by atoms with Crippen molar-refractivity contribution in [1.82, 2.24) is 15.5 Å². The number of carbonyl (C=O) groups is 1. The number of allylic oxidation sites excluding steroid dienone is 1. The van der Waals surface area contributed by atoms with Gasteiger partial charge >= 0.3 is 0 Å². The van der Waals surface area contributed by atoms with E-state index in [0.717, 1.165) is 44.9 Å². The van der Waals surface area contributed by atoms with E-state index in [4.69, 9.17) is 5.73 Å². The average Bonchev–Trinajstić information content (AvgIpc) is 2.43. The van der Waals surface area contributed by atoms with Crippen LogP contribution in [0.5, 0.6) is 0 Å². The van der Waals surface area contributed by atoms with E-state index in [1.807, 2.05) is 13.0 Å². The van der Waals surface area contributed by atoms with Gasteiger partial charge in [-0.05, 0) is 26.2 Å². The molecular weight excluding hydrogens is 381 g/mol. The lowest BCUT2D eigenvalue weighted by atomic mass is 10.1. The third kappa shape index (κ3) is 8.92. The van der Waals surface area contributed by atoms with Crippen molar-refractivity contribution in [2.24, 2.45) is 10.7 Å². The Balaban J connectivity index is 0.00000400. The van der Waals surface area contributed by atoms with Crippen LogP contribution in [-0.4, -0.2) is 56.0 Å². The zero-order valence-corrected chi connectivity index (χ0v) is 15.3. The van der Waals surface area contributed by atoms with Crippen LogP contribution in [0, 0.1) is 0 Å². The number of guanidine groups is 1. The summed E-state index contributed by atoms with van der Waals surface area (Å²) in [5.74, 6) is 0.598. The van der Waals surface area contributed by atoms with Crippen molar-refractivity contribution in [3.05, 3.63) is 12.2 Å².